The van der Waals surface area contributed by atoms with Crippen molar-refractivity contribution in [2.75, 3.05) is 11.9 Å². The molecule has 0 aliphatic carbocycles. The molecule has 0 aliphatic heterocycles. The molecule has 0 radical (unpaired) electrons. The lowest BCUT2D eigenvalue weighted by Crippen LogP contribution is -2.37. The predicted octanol–water partition coefficient (Wildman–Crippen LogP) is 5.44. The van der Waals surface area contributed by atoms with Crippen LogP contribution in [0.2, 0.25) is 10.0 Å². The van der Waals surface area contributed by atoms with Crippen molar-refractivity contribution in [2.24, 2.45) is 0 Å². The molecule has 8 heteroatoms. The van der Waals surface area contributed by atoms with Crippen LogP contribution in [0.3, 0.4) is 0 Å². The first kappa shape index (κ1) is 23.3. The van der Waals surface area contributed by atoms with Crippen LogP contribution in [0.4, 0.5) is 5.69 Å². The van der Waals surface area contributed by atoms with Crippen LogP contribution in [-0.4, -0.2) is 25.2 Å². The summed E-state index contributed by atoms with van der Waals surface area (Å²) in [6.45, 7) is 3.45. The maximum Gasteiger partial charge on any atom is 0.243 e. The van der Waals surface area contributed by atoms with Gasteiger partial charge in [-0.15, -0.1) is 0 Å². The number of halogens is 2. The zero-order valence-electron chi connectivity index (χ0n) is 17.1. The van der Waals surface area contributed by atoms with E-state index in [0.717, 1.165) is 21.0 Å². The molecule has 0 saturated carbocycles. The largest absolute Gasteiger partial charge is 0.325 e. The third-order valence-corrected chi connectivity index (χ3v) is 6.97. The first-order valence-electron chi connectivity index (χ1n) is 9.52. The minimum absolute atomic E-state index is 0.0552. The van der Waals surface area contributed by atoms with Crippen LogP contribution in [0.5, 0.6) is 0 Å². The average molecular weight is 477 g/mol. The number of aryl methyl sites for hydroxylation is 2. The lowest BCUT2D eigenvalue weighted by molar-refractivity contribution is -0.116. The molecule has 0 saturated heterocycles. The minimum Gasteiger partial charge on any atom is -0.325 e. The van der Waals surface area contributed by atoms with Crippen molar-refractivity contribution in [1.82, 2.24) is 4.31 Å². The number of benzene rings is 3. The van der Waals surface area contributed by atoms with Crippen molar-refractivity contribution < 1.29 is 13.2 Å². The van der Waals surface area contributed by atoms with Crippen LogP contribution < -0.4 is 5.32 Å². The highest BCUT2D eigenvalue weighted by Gasteiger charge is 2.27. The van der Waals surface area contributed by atoms with E-state index in [0.29, 0.717) is 15.7 Å². The van der Waals surface area contributed by atoms with Gasteiger partial charge in [0.05, 0.1) is 11.4 Å². The number of nitrogens with one attached hydrogen (secondary N) is 1. The van der Waals surface area contributed by atoms with E-state index < -0.39 is 15.9 Å². The van der Waals surface area contributed by atoms with Crippen LogP contribution in [0.25, 0.3) is 0 Å². The SMILES string of the molecule is Cc1cccc(CN(CC(=O)Nc2ccc(Cl)cc2C)S(=O)(=O)c2ccc(Cl)cc2)c1. The zero-order chi connectivity index (χ0) is 22.6. The van der Waals surface area contributed by atoms with Crippen LogP contribution in [0, 0.1) is 13.8 Å². The molecule has 0 unspecified atom stereocenters. The summed E-state index contributed by atoms with van der Waals surface area (Å²) in [6, 6.07) is 18.5. The summed E-state index contributed by atoms with van der Waals surface area (Å²) in [5, 5.41) is 3.76. The highest BCUT2D eigenvalue weighted by atomic mass is 35.5. The Hall–Kier alpha value is -2.38. The van der Waals surface area contributed by atoms with Gasteiger partial charge in [0.1, 0.15) is 0 Å². The van der Waals surface area contributed by atoms with Crippen LogP contribution in [-0.2, 0) is 21.4 Å². The Morgan fingerprint density at radius 2 is 1.61 bits per heavy atom. The number of sulfonamides is 1. The topological polar surface area (TPSA) is 66.5 Å². The molecule has 1 N–H and O–H groups in total. The Morgan fingerprint density at radius 1 is 0.935 bits per heavy atom. The van der Waals surface area contributed by atoms with Crippen molar-refractivity contribution >= 4 is 44.8 Å². The molecule has 0 aliphatic rings. The standard InChI is InChI=1S/C23H22Cl2N2O3S/c1-16-4-3-5-18(12-16)14-27(31(29,30)21-9-6-19(24)7-10-21)15-23(28)26-22-11-8-20(25)13-17(22)2/h3-13H,14-15H2,1-2H3,(H,26,28). The fourth-order valence-electron chi connectivity index (χ4n) is 3.11. The van der Waals surface area contributed by atoms with E-state index in [1.165, 1.54) is 24.3 Å². The third kappa shape index (κ3) is 6.08. The molecule has 3 rings (SSSR count). The van der Waals surface area contributed by atoms with Crippen LogP contribution in [0.1, 0.15) is 16.7 Å². The van der Waals surface area contributed by atoms with E-state index in [2.05, 4.69) is 5.32 Å². The number of amides is 1. The fourth-order valence-corrected chi connectivity index (χ4v) is 4.85. The van der Waals surface area contributed by atoms with E-state index in [9.17, 15) is 13.2 Å². The molecule has 5 nitrogen and oxygen atoms in total. The Labute approximate surface area is 192 Å². The summed E-state index contributed by atoms with van der Waals surface area (Å²) in [7, 11) is -3.94. The maximum atomic E-state index is 13.3. The van der Waals surface area contributed by atoms with Gasteiger partial charge in [-0.1, -0.05) is 53.0 Å². The first-order chi connectivity index (χ1) is 14.6. The zero-order valence-corrected chi connectivity index (χ0v) is 19.4. The molecule has 3 aromatic rings. The van der Waals surface area contributed by atoms with Gasteiger partial charge >= 0.3 is 0 Å². The molecule has 0 fully saturated rings. The summed E-state index contributed by atoms with van der Waals surface area (Å²) >= 11 is 11.9. The van der Waals surface area contributed by atoms with Gasteiger partial charge in [-0.25, -0.2) is 8.42 Å². The van der Waals surface area contributed by atoms with Gasteiger partial charge in [-0.2, -0.15) is 4.31 Å². The minimum atomic E-state index is -3.94. The Kier molecular flexibility index (Phi) is 7.38. The van der Waals surface area contributed by atoms with E-state index in [4.69, 9.17) is 23.2 Å². The molecule has 31 heavy (non-hydrogen) atoms. The van der Waals surface area contributed by atoms with Crippen LogP contribution in [0.15, 0.2) is 71.6 Å². The molecule has 0 bridgehead atoms. The number of rotatable bonds is 7. The van der Waals surface area contributed by atoms with Crippen molar-refractivity contribution in [3.05, 3.63) is 93.5 Å². The lowest BCUT2D eigenvalue weighted by atomic mass is 10.1. The third-order valence-electron chi connectivity index (χ3n) is 4.68. The highest BCUT2D eigenvalue weighted by molar-refractivity contribution is 7.89. The number of hydrogen-bond donors (Lipinski definition) is 1. The fraction of sp³-hybridized carbons (Fsp3) is 0.174. The van der Waals surface area contributed by atoms with Crippen molar-refractivity contribution in [3.8, 4) is 0 Å². The molecular weight excluding hydrogens is 455 g/mol. The van der Waals surface area contributed by atoms with Gasteiger partial charge in [-0.05, 0) is 67.4 Å². The van der Waals surface area contributed by atoms with Gasteiger partial charge in [0.25, 0.3) is 0 Å². The van der Waals surface area contributed by atoms with Gasteiger partial charge in [0.15, 0.2) is 0 Å². The van der Waals surface area contributed by atoms with Crippen molar-refractivity contribution in [2.45, 2.75) is 25.3 Å². The smallest absolute Gasteiger partial charge is 0.243 e. The quantitative estimate of drug-likeness (QED) is 0.493. The summed E-state index contributed by atoms with van der Waals surface area (Å²) in [6.07, 6.45) is 0. The Morgan fingerprint density at radius 3 is 2.26 bits per heavy atom. The molecule has 3 aromatic carbocycles. The summed E-state index contributed by atoms with van der Waals surface area (Å²) < 4.78 is 27.8. The van der Waals surface area contributed by atoms with Crippen LogP contribution >= 0.6 is 23.2 Å². The monoisotopic (exact) mass is 476 g/mol. The predicted molar refractivity (Wildman–Crippen MR) is 125 cm³/mol. The van der Waals surface area contributed by atoms with E-state index in [1.54, 1.807) is 18.2 Å². The average Bonchev–Trinajstić information content (AvgIpc) is 2.70. The van der Waals surface area contributed by atoms with E-state index in [-0.39, 0.29) is 18.0 Å². The molecule has 0 aromatic heterocycles. The second kappa shape index (κ2) is 9.83. The summed E-state index contributed by atoms with van der Waals surface area (Å²) in [5.41, 5.74) is 3.15. The lowest BCUT2D eigenvalue weighted by Gasteiger charge is -2.22. The van der Waals surface area contributed by atoms with E-state index >= 15 is 0 Å². The van der Waals surface area contributed by atoms with Gasteiger partial charge < -0.3 is 5.32 Å². The van der Waals surface area contributed by atoms with Crippen molar-refractivity contribution in [1.29, 1.82) is 0 Å². The van der Waals surface area contributed by atoms with E-state index in [1.807, 2.05) is 38.1 Å². The second-order valence-corrected chi connectivity index (χ2v) is 10.0. The second-order valence-electron chi connectivity index (χ2n) is 7.22. The summed E-state index contributed by atoms with van der Waals surface area (Å²) in [4.78, 5) is 12.8. The normalized spacial score (nSPS) is 11.5. The Bertz CT molecular complexity index is 1200. The van der Waals surface area contributed by atoms with Gasteiger partial charge in [0.2, 0.25) is 15.9 Å². The van der Waals surface area contributed by atoms with Gasteiger partial charge in [-0.3, -0.25) is 4.79 Å². The Balaban J connectivity index is 1.89. The van der Waals surface area contributed by atoms with Gasteiger partial charge in [0, 0.05) is 22.3 Å². The molecule has 0 heterocycles. The highest BCUT2D eigenvalue weighted by Crippen LogP contribution is 2.22. The molecule has 162 valence electrons. The number of nitrogens with zero attached hydrogens (tertiary/aromatic N) is 1. The molecule has 0 atom stereocenters. The first-order valence-corrected chi connectivity index (χ1v) is 11.7. The number of hydrogen-bond acceptors (Lipinski definition) is 3. The number of carbonyl (C=O) groups is 1. The summed E-state index contributed by atoms with van der Waals surface area (Å²) in [5.74, 6) is -0.449. The molecule has 0 spiro atoms. The molecular formula is C23H22Cl2N2O3S. The van der Waals surface area contributed by atoms with Crippen molar-refractivity contribution in [3.63, 3.8) is 0 Å². The number of anilines is 1. The molecule has 1 amide bonds. The number of carbonyl (C=O) groups excluding carboxylic acids is 1. The maximum absolute atomic E-state index is 13.3.